The van der Waals surface area contributed by atoms with E-state index in [0.717, 1.165) is 19.2 Å². The summed E-state index contributed by atoms with van der Waals surface area (Å²) >= 11 is 0. The molecule has 2 rings (SSSR count). The average molecular weight is 436 g/mol. The standard InChI is InChI=1S/C17H16N4O8S/c1-29-17(26)18-10-6-8-11(9-7-10)30(27,28)21-20-15(23)14(22)19-13-5-3-2-4-12(13)16(24)25/h2-9,21H,1H3,(H,18,26)(H,19,22)(H,20,23)(H,24,25). The van der Waals surface area contributed by atoms with Crippen LogP contribution in [0.2, 0.25) is 0 Å². The number of carboxylic acids is 1. The number of benzene rings is 2. The fraction of sp³-hybridized carbons (Fsp3) is 0.0588. The van der Waals surface area contributed by atoms with Crippen molar-refractivity contribution in [2.75, 3.05) is 17.7 Å². The molecular formula is C17H16N4O8S. The van der Waals surface area contributed by atoms with Crippen LogP contribution in [0.25, 0.3) is 0 Å². The van der Waals surface area contributed by atoms with Gasteiger partial charge in [0.1, 0.15) is 0 Å². The summed E-state index contributed by atoms with van der Waals surface area (Å²) in [5.74, 6) is -3.98. The Morgan fingerprint density at radius 2 is 1.53 bits per heavy atom. The number of sulfonamides is 1. The summed E-state index contributed by atoms with van der Waals surface area (Å²) in [4.78, 5) is 47.5. The number of hydrazine groups is 1. The molecule has 0 bridgehead atoms. The van der Waals surface area contributed by atoms with E-state index in [1.165, 1.54) is 36.4 Å². The number of hydrogen-bond donors (Lipinski definition) is 5. The number of para-hydroxylation sites is 1. The SMILES string of the molecule is COC(=O)Nc1ccc(S(=O)(=O)NNC(=O)C(=O)Nc2ccccc2C(=O)O)cc1. The maximum absolute atomic E-state index is 12.2. The van der Waals surface area contributed by atoms with Gasteiger partial charge in [-0.25, -0.2) is 18.0 Å². The van der Waals surface area contributed by atoms with Gasteiger partial charge < -0.3 is 15.2 Å². The number of carbonyl (C=O) groups excluding carboxylic acids is 3. The largest absolute Gasteiger partial charge is 0.478 e. The molecule has 0 aliphatic carbocycles. The maximum atomic E-state index is 12.2. The van der Waals surface area contributed by atoms with E-state index in [1.807, 2.05) is 0 Å². The van der Waals surface area contributed by atoms with Crippen LogP contribution in [0.3, 0.4) is 0 Å². The molecule has 0 aromatic heterocycles. The number of methoxy groups -OCH3 is 1. The second kappa shape index (κ2) is 9.49. The number of aromatic carboxylic acids is 1. The van der Waals surface area contributed by atoms with Crippen LogP contribution in [-0.2, 0) is 24.3 Å². The van der Waals surface area contributed by atoms with Gasteiger partial charge in [0.25, 0.3) is 10.0 Å². The van der Waals surface area contributed by atoms with E-state index >= 15 is 0 Å². The van der Waals surface area contributed by atoms with Crippen molar-refractivity contribution in [2.24, 2.45) is 0 Å². The molecule has 13 heteroatoms. The smallest absolute Gasteiger partial charge is 0.411 e. The summed E-state index contributed by atoms with van der Waals surface area (Å²) in [5.41, 5.74) is 1.60. The predicted octanol–water partition coefficient (Wildman–Crippen LogP) is 0.511. The summed E-state index contributed by atoms with van der Waals surface area (Å²) in [6, 6.07) is 10.2. The Labute approximate surface area is 170 Å². The van der Waals surface area contributed by atoms with Crippen molar-refractivity contribution in [1.82, 2.24) is 10.3 Å². The Hall–Kier alpha value is -3.97. The maximum Gasteiger partial charge on any atom is 0.411 e. The summed E-state index contributed by atoms with van der Waals surface area (Å²) in [5, 5.41) is 13.5. The Morgan fingerprint density at radius 3 is 2.13 bits per heavy atom. The molecule has 0 spiro atoms. The molecular weight excluding hydrogens is 420 g/mol. The van der Waals surface area contributed by atoms with E-state index in [-0.39, 0.29) is 21.8 Å². The van der Waals surface area contributed by atoms with Crippen LogP contribution >= 0.6 is 0 Å². The first-order valence-electron chi connectivity index (χ1n) is 8.04. The van der Waals surface area contributed by atoms with Crippen molar-refractivity contribution < 1.29 is 37.4 Å². The summed E-state index contributed by atoms with van der Waals surface area (Å²) in [6.07, 6.45) is -0.744. The highest BCUT2D eigenvalue weighted by atomic mass is 32.2. The van der Waals surface area contributed by atoms with Gasteiger partial charge in [-0.1, -0.05) is 12.1 Å². The number of carboxylic acid groups (broad SMARTS) is 1. The lowest BCUT2D eigenvalue weighted by Crippen LogP contribution is -2.46. The number of nitrogens with one attached hydrogen (secondary N) is 4. The summed E-state index contributed by atoms with van der Waals surface area (Å²) < 4.78 is 28.8. The van der Waals surface area contributed by atoms with Crippen molar-refractivity contribution in [3.63, 3.8) is 0 Å². The zero-order valence-corrected chi connectivity index (χ0v) is 16.1. The molecule has 0 fully saturated rings. The van der Waals surface area contributed by atoms with Gasteiger partial charge >= 0.3 is 23.9 Å². The second-order valence-electron chi connectivity index (χ2n) is 5.51. The third kappa shape index (κ3) is 5.76. The molecule has 0 aliphatic rings. The molecule has 2 aromatic rings. The minimum atomic E-state index is -4.23. The number of rotatable bonds is 6. The normalized spacial score (nSPS) is 10.6. The van der Waals surface area contributed by atoms with Gasteiger partial charge in [-0.3, -0.25) is 20.3 Å². The quantitative estimate of drug-likeness (QED) is 0.321. The van der Waals surface area contributed by atoms with Crippen LogP contribution in [0.5, 0.6) is 0 Å². The van der Waals surface area contributed by atoms with Gasteiger partial charge in [0.2, 0.25) is 0 Å². The molecule has 0 heterocycles. The molecule has 3 amide bonds. The Balaban J connectivity index is 2.00. The molecule has 158 valence electrons. The van der Waals surface area contributed by atoms with E-state index in [0.29, 0.717) is 0 Å². The average Bonchev–Trinajstić information content (AvgIpc) is 2.72. The van der Waals surface area contributed by atoms with E-state index < -0.39 is 33.9 Å². The lowest BCUT2D eigenvalue weighted by Gasteiger charge is -2.10. The molecule has 12 nitrogen and oxygen atoms in total. The van der Waals surface area contributed by atoms with Gasteiger partial charge in [0, 0.05) is 5.69 Å². The molecule has 0 unspecified atom stereocenters. The van der Waals surface area contributed by atoms with Gasteiger partial charge in [-0.05, 0) is 36.4 Å². The van der Waals surface area contributed by atoms with E-state index in [9.17, 15) is 27.6 Å². The van der Waals surface area contributed by atoms with Crippen molar-refractivity contribution in [3.05, 3.63) is 54.1 Å². The number of amides is 3. The van der Waals surface area contributed by atoms with Crippen LogP contribution in [0.4, 0.5) is 16.2 Å². The first-order chi connectivity index (χ1) is 14.1. The lowest BCUT2D eigenvalue weighted by atomic mass is 10.2. The van der Waals surface area contributed by atoms with Gasteiger partial charge in [0.05, 0.1) is 23.3 Å². The molecule has 0 atom stereocenters. The van der Waals surface area contributed by atoms with Crippen LogP contribution in [0.15, 0.2) is 53.4 Å². The zero-order valence-electron chi connectivity index (χ0n) is 15.3. The lowest BCUT2D eigenvalue weighted by molar-refractivity contribution is -0.136. The van der Waals surface area contributed by atoms with Gasteiger partial charge in [-0.2, -0.15) is 0 Å². The minimum Gasteiger partial charge on any atom is -0.478 e. The summed E-state index contributed by atoms with van der Waals surface area (Å²) in [7, 11) is -3.07. The van der Waals surface area contributed by atoms with Gasteiger partial charge in [0.15, 0.2) is 0 Å². The second-order valence-corrected chi connectivity index (χ2v) is 7.19. The number of anilines is 2. The number of hydrogen-bond acceptors (Lipinski definition) is 7. The van der Waals surface area contributed by atoms with Crippen LogP contribution in [0, 0.1) is 0 Å². The first kappa shape index (κ1) is 22.3. The van der Waals surface area contributed by atoms with E-state index in [4.69, 9.17) is 5.11 Å². The zero-order chi connectivity index (χ0) is 22.3. The van der Waals surface area contributed by atoms with Crippen molar-refractivity contribution >= 4 is 45.3 Å². The monoisotopic (exact) mass is 436 g/mol. The van der Waals surface area contributed by atoms with E-state index in [1.54, 1.807) is 10.3 Å². The summed E-state index contributed by atoms with van der Waals surface area (Å²) in [6.45, 7) is 0. The van der Waals surface area contributed by atoms with Gasteiger partial charge in [-0.15, -0.1) is 4.83 Å². The molecule has 0 saturated heterocycles. The molecule has 0 aliphatic heterocycles. The highest BCUT2D eigenvalue weighted by molar-refractivity contribution is 7.89. The van der Waals surface area contributed by atoms with Crippen LogP contribution in [-0.4, -0.2) is 44.5 Å². The highest BCUT2D eigenvalue weighted by Crippen LogP contribution is 2.15. The fourth-order valence-corrected chi connectivity index (χ4v) is 2.91. The fourth-order valence-electron chi connectivity index (χ4n) is 2.07. The van der Waals surface area contributed by atoms with Crippen LogP contribution in [0.1, 0.15) is 10.4 Å². The van der Waals surface area contributed by atoms with Crippen molar-refractivity contribution in [1.29, 1.82) is 0 Å². The minimum absolute atomic E-state index is 0.137. The Kier molecular flexibility index (Phi) is 7.06. The third-order valence-electron chi connectivity index (χ3n) is 3.51. The predicted molar refractivity (Wildman–Crippen MR) is 103 cm³/mol. The van der Waals surface area contributed by atoms with Crippen molar-refractivity contribution in [3.8, 4) is 0 Å². The molecule has 0 radical (unpaired) electrons. The Bertz CT molecular complexity index is 1080. The highest BCUT2D eigenvalue weighted by Gasteiger charge is 2.20. The molecule has 5 N–H and O–H groups in total. The van der Waals surface area contributed by atoms with E-state index in [2.05, 4.69) is 15.4 Å². The third-order valence-corrected chi connectivity index (χ3v) is 4.77. The Morgan fingerprint density at radius 1 is 0.900 bits per heavy atom. The van der Waals surface area contributed by atoms with Crippen LogP contribution < -0.4 is 20.9 Å². The molecule has 0 saturated carbocycles. The number of ether oxygens (including phenoxy) is 1. The molecule has 30 heavy (non-hydrogen) atoms. The first-order valence-corrected chi connectivity index (χ1v) is 9.53. The number of carbonyl (C=O) groups is 4. The van der Waals surface area contributed by atoms with Crippen molar-refractivity contribution in [2.45, 2.75) is 4.90 Å². The topological polar surface area (TPSA) is 180 Å². The molecule has 2 aromatic carbocycles.